The van der Waals surface area contributed by atoms with Crippen LogP contribution in [0.5, 0.6) is 11.5 Å². The van der Waals surface area contributed by atoms with Gasteiger partial charge in [-0.25, -0.2) is 0 Å². The molecule has 140 valence electrons. The van der Waals surface area contributed by atoms with Gasteiger partial charge in [0.15, 0.2) is 17.3 Å². The Morgan fingerprint density at radius 1 is 1.12 bits per heavy atom. The summed E-state index contributed by atoms with van der Waals surface area (Å²) in [7, 11) is 3.09. The lowest BCUT2D eigenvalue weighted by molar-refractivity contribution is 0.0958. The van der Waals surface area contributed by atoms with Crippen molar-refractivity contribution in [3.63, 3.8) is 0 Å². The highest BCUT2D eigenvalue weighted by atomic mass is 79.9. The quantitative estimate of drug-likeness (QED) is 0.416. The van der Waals surface area contributed by atoms with Gasteiger partial charge in [0.2, 0.25) is 0 Å². The van der Waals surface area contributed by atoms with Crippen molar-refractivity contribution in [2.24, 2.45) is 5.92 Å². The van der Waals surface area contributed by atoms with E-state index in [1.54, 1.807) is 25.3 Å². The van der Waals surface area contributed by atoms with Crippen LogP contribution in [0.25, 0.3) is 0 Å². The minimum absolute atomic E-state index is 0.0225. The summed E-state index contributed by atoms with van der Waals surface area (Å²) in [4.78, 5) is 12.8. The van der Waals surface area contributed by atoms with Crippen LogP contribution in [0.1, 0.15) is 35.7 Å². The first kappa shape index (κ1) is 21.1. The SMILES string of the molecule is COc1ccc(Br)c(C(=O)C[C@H](C)CCc2ccc(Cl)c(Cl)c2)c1OC. The van der Waals surface area contributed by atoms with E-state index >= 15 is 0 Å². The topological polar surface area (TPSA) is 35.5 Å². The monoisotopic (exact) mass is 458 g/mol. The van der Waals surface area contributed by atoms with Crippen LogP contribution in [-0.2, 0) is 6.42 Å². The maximum atomic E-state index is 12.8. The van der Waals surface area contributed by atoms with E-state index in [2.05, 4.69) is 22.9 Å². The van der Waals surface area contributed by atoms with Crippen molar-refractivity contribution < 1.29 is 14.3 Å². The van der Waals surface area contributed by atoms with Gasteiger partial charge in [-0.1, -0.05) is 36.2 Å². The van der Waals surface area contributed by atoms with Crippen molar-refractivity contribution in [3.8, 4) is 11.5 Å². The van der Waals surface area contributed by atoms with Gasteiger partial charge in [0.1, 0.15) is 0 Å². The number of hydrogen-bond donors (Lipinski definition) is 0. The van der Waals surface area contributed by atoms with E-state index in [1.807, 2.05) is 12.1 Å². The van der Waals surface area contributed by atoms with E-state index in [0.29, 0.717) is 38.0 Å². The fourth-order valence-electron chi connectivity index (χ4n) is 2.79. The number of hydrogen-bond acceptors (Lipinski definition) is 3. The molecule has 0 aromatic heterocycles. The molecule has 0 saturated carbocycles. The molecule has 6 heteroatoms. The molecule has 0 saturated heterocycles. The second-order valence-corrected chi connectivity index (χ2v) is 7.85. The standard InChI is InChI=1S/C20H21BrCl2O3/c1-12(4-5-13-6-8-15(22)16(23)11-13)10-17(24)19-14(21)7-9-18(25-2)20(19)26-3/h6-9,11-12H,4-5,10H2,1-3H3/t12-/m1/s1. The number of carbonyl (C=O) groups excluding carboxylic acids is 1. The van der Waals surface area contributed by atoms with Crippen LogP contribution in [0.2, 0.25) is 10.0 Å². The summed E-state index contributed by atoms with van der Waals surface area (Å²) in [5.41, 5.74) is 1.63. The Balaban J connectivity index is 2.06. The molecule has 0 bridgehead atoms. The molecular weight excluding hydrogens is 439 g/mol. The molecule has 0 fully saturated rings. The largest absolute Gasteiger partial charge is 0.493 e. The second-order valence-electron chi connectivity index (χ2n) is 6.18. The van der Waals surface area contributed by atoms with Gasteiger partial charge in [0, 0.05) is 10.9 Å². The molecule has 26 heavy (non-hydrogen) atoms. The average molecular weight is 460 g/mol. The fraction of sp³-hybridized carbons (Fsp3) is 0.350. The Morgan fingerprint density at radius 2 is 1.85 bits per heavy atom. The van der Waals surface area contributed by atoms with Crippen molar-refractivity contribution in [1.29, 1.82) is 0 Å². The minimum Gasteiger partial charge on any atom is -0.493 e. The van der Waals surface area contributed by atoms with Crippen molar-refractivity contribution >= 4 is 44.9 Å². The number of ketones is 1. The predicted octanol–water partition coefficient (Wildman–Crippen LogP) is 6.61. The lowest BCUT2D eigenvalue weighted by Gasteiger charge is -2.16. The molecule has 0 aliphatic carbocycles. The van der Waals surface area contributed by atoms with Crippen LogP contribution < -0.4 is 9.47 Å². The summed E-state index contributed by atoms with van der Waals surface area (Å²) in [6.45, 7) is 2.07. The molecule has 1 atom stereocenters. The van der Waals surface area contributed by atoms with Crippen LogP contribution in [0.4, 0.5) is 0 Å². The number of ether oxygens (including phenoxy) is 2. The van der Waals surface area contributed by atoms with E-state index < -0.39 is 0 Å². The number of carbonyl (C=O) groups is 1. The molecule has 2 aromatic carbocycles. The molecule has 0 amide bonds. The normalized spacial score (nSPS) is 11.9. The molecule has 2 aromatic rings. The summed E-state index contributed by atoms with van der Waals surface area (Å²) < 4.78 is 11.4. The fourth-order valence-corrected chi connectivity index (χ4v) is 3.65. The predicted molar refractivity (Wildman–Crippen MR) is 110 cm³/mol. The Kier molecular flexibility index (Phi) is 7.81. The first-order valence-electron chi connectivity index (χ1n) is 8.25. The number of halogens is 3. The molecule has 0 unspecified atom stereocenters. The zero-order chi connectivity index (χ0) is 19.3. The molecule has 0 spiro atoms. The summed E-state index contributed by atoms with van der Waals surface area (Å²) in [5.74, 6) is 1.24. The summed E-state index contributed by atoms with van der Waals surface area (Å²) in [5, 5.41) is 1.10. The average Bonchev–Trinajstić information content (AvgIpc) is 2.62. The van der Waals surface area contributed by atoms with E-state index in [-0.39, 0.29) is 11.7 Å². The smallest absolute Gasteiger partial charge is 0.172 e. The lowest BCUT2D eigenvalue weighted by Crippen LogP contribution is -2.10. The summed E-state index contributed by atoms with van der Waals surface area (Å²) >= 11 is 15.4. The molecular formula is C20H21BrCl2O3. The molecule has 3 nitrogen and oxygen atoms in total. The molecule has 0 N–H and O–H groups in total. The van der Waals surface area contributed by atoms with Gasteiger partial charge in [0.25, 0.3) is 0 Å². The number of methoxy groups -OCH3 is 2. The lowest BCUT2D eigenvalue weighted by atomic mass is 9.93. The van der Waals surface area contributed by atoms with Crippen molar-refractivity contribution in [2.45, 2.75) is 26.2 Å². The van der Waals surface area contributed by atoms with Gasteiger partial charge in [-0.15, -0.1) is 0 Å². The molecule has 2 rings (SSSR count). The summed E-state index contributed by atoms with van der Waals surface area (Å²) in [6.07, 6.45) is 2.12. The first-order valence-corrected chi connectivity index (χ1v) is 9.79. The third-order valence-electron chi connectivity index (χ3n) is 4.22. The van der Waals surface area contributed by atoms with Gasteiger partial charge < -0.3 is 9.47 Å². The highest BCUT2D eigenvalue weighted by molar-refractivity contribution is 9.10. The molecule has 0 heterocycles. The van der Waals surface area contributed by atoms with E-state index in [1.165, 1.54) is 7.11 Å². The Labute approximate surface area is 172 Å². The van der Waals surface area contributed by atoms with E-state index in [0.717, 1.165) is 18.4 Å². The first-order chi connectivity index (χ1) is 12.4. The summed E-state index contributed by atoms with van der Waals surface area (Å²) in [6, 6.07) is 9.21. The Bertz CT molecular complexity index is 793. The van der Waals surface area contributed by atoms with Gasteiger partial charge in [0.05, 0.1) is 29.8 Å². The van der Waals surface area contributed by atoms with Gasteiger partial charge in [-0.05, 0) is 64.5 Å². The van der Waals surface area contributed by atoms with Crippen LogP contribution in [0, 0.1) is 5.92 Å². The van der Waals surface area contributed by atoms with Crippen LogP contribution >= 0.6 is 39.1 Å². The Hall–Kier alpha value is -1.23. The highest BCUT2D eigenvalue weighted by Crippen LogP contribution is 2.37. The van der Waals surface area contributed by atoms with Gasteiger partial charge in [-0.2, -0.15) is 0 Å². The molecule has 0 radical (unpaired) electrons. The number of aryl methyl sites for hydroxylation is 1. The molecule has 0 aliphatic heterocycles. The van der Waals surface area contributed by atoms with Crippen molar-refractivity contribution in [3.05, 3.63) is 56.0 Å². The van der Waals surface area contributed by atoms with Gasteiger partial charge in [-0.3, -0.25) is 4.79 Å². The molecule has 0 aliphatic rings. The maximum absolute atomic E-state index is 12.8. The van der Waals surface area contributed by atoms with Crippen LogP contribution in [0.3, 0.4) is 0 Å². The third-order valence-corrected chi connectivity index (χ3v) is 5.62. The van der Waals surface area contributed by atoms with Gasteiger partial charge >= 0.3 is 0 Å². The number of rotatable bonds is 8. The number of Topliss-reactive ketones (excluding diaryl/α,β-unsaturated/α-hetero) is 1. The zero-order valence-electron chi connectivity index (χ0n) is 14.9. The van der Waals surface area contributed by atoms with E-state index in [4.69, 9.17) is 32.7 Å². The highest BCUT2D eigenvalue weighted by Gasteiger charge is 2.22. The Morgan fingerprint density at radius 3 is 2.46 bits per heavy atom. The minimum atomic E-state index is 0.0225. The van der Waals surface area contributed by atoms with Crippen LogP contribution in [-0.4, -0.2) is 20.0 Å². The van der Waals surface area contributed by atoms with Crippen molar-refractivity contribution in [1.82, 2.24) is 0 Å². The maximum Gasteiger partial charge on any atom is 0.172 e. The number of benzene rings is 2. The van der Waals surface area contributed by atoms with E-state index in [9.17, 15) is 4.79 Å². The van der Waals surface area contributed by atoms with Crippen LogP contribution in [0.15, 0.2) is 34.8 Å². The second kappa shape index (κ2) is 9.63. The zero-order valence-corrected chi connectivity index (χ0v) is 18.0. The third kappa shape index (κ3) is 5.15. The van der Waals surface area contributed by atoms with Crippen molar-refractivity contribution in [2.75, 3.05) is 14.2 Å².